The first-order valence-electron chi connectivity index (χ1n) is 10.2. The maximum absolute atomic E-state index is 12.8. The second kappa shape index (κ2) is 7.10. The summed E-state index contributed by atoms with van der Waals surface area (Å²) in [6.45, 7) is 5.31. The lowest BCUT2D eigenvalue weighted by Crippen LogP contribution is -2.43. The number of benzene rings is 1. The van der Waals surface area contributed by atoms with E-state index in [1.807, 2.05) is 0 Å². The Hall–Kier alpha value is -1.59. The molecule has 27 heavy (non-hydrogen) atoms. The van der Waals surface area contributed by atoms with Crippen molar-refractivity contribution in [2.75, 3.05) is 19.0 Å². The van der Waals surface area contributed by atoms with E-state index in [9.17, 15) is 9.90 Å². The number of ether oxygens (including phenoxy) is 2. The van der Waals surface area contributed by atoms with Crippen molar-refractivity contribution in [3.8, 4) is 0 Å². The third-order valence-corrected chi connectivity index (χ3v) is 6.95. The Kier molecular flexibility index (Phi) is 4.93. The minimum absolute atomic E-state index is 0.186. The standard InChI is InChI=1S/C22H31NO4/c1-13-11-16-15(6-8-18(24)23-16)20(21(25)26-3)19(13)14-5-7-17-22(2,12-14)9-4-10-27-17/h11,14,17-18,23-24H,4-10,12H2,1-3H3. The molecule has 2 N–H and O–H groups in total. The molecule has 3 aliphatic rings. The summed E-state index contributed by atoms with van der Waals surface area (Å²) in [5.41, 5.74) is 5.06. The minimum atomic E-state index is -0.554. The van der Waals surface area contributed by atoms with Crippen molar-refractivity contribution >= 4 is 11.7 Å². The zero-order chi connectivity index (χ0) is 19.2. The normalized spacial score (nSPS) is 32.8. The van der Waals surface area contributed by atoms with Gasteiger partial charge in [0.25, 0.3) is 0 Å². The van der Waals surface area contributed by atoms with E-state index in [-0.39, 0.29) is 11.4 Å². The number of aliphatic hydroxyl groups excluding tert-OH is 1. The van der Waals surface area contributed by atoms with Gasteiger partial charge in [-0.2, -0.15) is 0 Å². The second-order valence-electron chi connectivity index (χ2n) is 8.79. The van der Waals surface area contributed by atoms with Gasteiger partial charge in [0, 0.05) is 12.3 Å². The smallest absolute Gasteiger partial charge is 0.338 e. The SMILES string of the molecule is COC(=O)c1c2c(cc(C)c1C1CCC3OCCCC3(C)C1)NC(O)CC2. The maximum atomic E-state index is 12.8. The van der Waals surface area contributed by atoms with Crippen molar-refractivity contribution in [1.82, 2.24) is 0 Å². The van der Waals surface area contributed by atoms with Crippen LogP contribution < -0.4 is 5.32 Å². The lowest BCUT2D eigenvalue weighted by atomic mass is 9.63. The molecular weight excluding hydrogens is 342 g/mol. The number of carbonyl (C=O) groups is 1. The molecule has 5 heteroatoms. The van der Waals surface area contributed by atoms with Crippen LogP contribution in [0.15, 0.2) is 6.07 Å². The van der Waals surface area contributed by atoms with Crippen LogP contribution in [0.25, 0.3) is 0 Å². The quantitative estimate of drug-likeness (QED) is 0.770. The fourth-order valence-electron chi connectivity index (χ4n) is 5.65. The summed E-state index contributed by atoms with van der Waals surface area (Å²) < 4.78 is 11.3. The molecule has 1 saturated heterocycles. The number of carbonyl (C=O) groups excluding carboxylic acids is 1. The first-order chi connectivity index (χ1) is 12.9. The number of nitrogens with one attached hydrogen (secondary N) is 1. The summed E-state index contributed by atoms with van der Waals surface area (Å²) in [7, 11) is 1.46. The number of hydrogen-bond acceptors (Lipinski definition) is 5. The highest BCUT2D eigenvalue weighted by molar-refractivity contribution is 5.95. The van der Waals surface area contributed by atoms with Crippen molar-refractivity contribution in [3.05, 3.63) is 28.3 Å². The van der Waals surface area contributed by atoms with Gasteiger partial charge >= 0.3 is 5.97 Å². The monoisotopic (exact) mass is 373 g/mol. The zero-order valence-electron chi connectivity index (χ0n) is 16.6. The van der Waals surface area contributed by atoms with Gasteiger partial charge in [0.1, 0.15) is 6.23 Å². The molecule has 148 valence electrons. The third kappa shape index (κ3) is 3.25. The zero-order valence-corrected chi connectivity index (χ0v) is 16.6. The molecule has 1 saturated carbocycles. The molecular formula is C22H31NO4. The van der Waals surface area contributed by atoms with E-state index in [1.165, 1.54) is 13.5 Å². The first kappa shape index (κ1) is 18.8. The van der Waals surface area contributed by atoms with Crippen LogP contribution in [0.1, 0.15) is 78.4 Å². The van der Waals surface area contributed by atoms with Gasteiger partial charge in [0.15, 0.2) is 0 Å². The molecule has 0 bridgehead atoms. The predicted octanol–water partition coefficient (Wildman–Crippen LogP) is 3.91. The van der Waals surface area contributed by atoms with Gasteiger partial charge in [-0.15, -0.1) is 0 Å². The number of esters is 1. The summed E-state index contributed by atoms with van der Waals surface area (Å²) in [5, 5.41) is 13.1. The van der Waals surface area contributed by atoms with E-state index in [0.29, 0.717) is 24.9 Å². The fraction of sp³-hybridized carbons (Fsp3) is 0.682. The summed E-state index contributed by atoms with van der Waals surface area (Å²) in [4.78, 5) is 12.8. The van der Waals surface area contributed by atoms with Crippen LogP contribution in [-0.2, 0) is 15.9 Å². The van der Waals surface area contributed by atoms with Crippen molar-refractivity contribution in [2.45, 2.75) is 77.0 Å². The van der Waals surface area contributed by atoms with E-state index < -0.39 is 6.23 Å². The molecule has 4 atom stereocenters. The summed E-state index contributed by atoms with van der Waals surface area (Å²) >= 11 is 0. The molecule has 1 aromatic carbocycles. The van der Waals surface area contributed by atoms with Crippen LogP contribution in [-0.4, -0.2) is 37.1 Å². The molecule has 0 spiro atoms. The molecule has 4 rings (SSSR count). The Labute approximate surface area is 161 Å². The van der Waals surface area contributed by atoms with E-state index in [1.54, 1.807) is 0 Å². The third-order valence-electron chi connectivity index (χ3n) is 6.95. The first-order valence-corrected chi connectivity index (χ1v) is 10.2. The molecule has 4 unspecified atom stereocenters. The average Bonchev–Trinajstić information content (AvgIpc) is 2.65. The van der Waals surface area contributed by atoms with Crippen molar-refractivity contribution in [2.24, 2.45) is 5.41 Å². The van der Waals surface area contributed by atoms with Crippen LogP contribution in [0.5, 0.6) is 0 Å². The number of methoxy groups -OCH3 is 1. The van der Waals surface area contributed by atoms with Crippen LogP contribution >= 0.6 is 0 Å². The highest BCUT2D eigenvalue weighted by Crippen LogP contribution is 2.51. The lowest BCUT2D eigenvalue weighted by molar-refractivity contribution is -0.102. The summed E-state index contributed by atoms with van der Waals surface area (Å²) in [5.74, 6) is 0.0921. The van der Waals surface area contributed by atoms with Gasteiger partial charge in [-0.3, -0.25) is 0 Å². The average molecular weight is 373 g/mol. The van der Waals surface area contributed by atoms with Crippen molar-refractivity contribution in [3.63, 3.8) is 0 Å². The molecule has 1 aliphatic carbocycles. The Morgan fingerprint density at radius 3 is 2.96 bits per heavy atom. The minimum Gasteiger partial charge on any atom is -0.465 e. The van der Waals surface area contributed by atoms with E-state index >= 15 is 0 Å². The molecule has 1 aromatic rings. The number of aryl methyl sites for hydroxylation is 1. The molecule has 2 fully saturated rings. The molecule has 0 amide bonds. The van der Waals surface area contributed by atoms with Gasteiger partial charge in [0.2, 0.25) is 0 Å². The highest BCUT2D eigenvalue weighted by Gasteiger charge is 2.44. The molecule has 2 heterocycles. The van der Waals surface area contributed by atoms with E-state index in [4.69, 9.17) is 9.47 Å². The molecule has 2 aliphatic heterocycles. The maximum Gasteiger partial charge on any atom is 0.338 e. The second-order valence-corrected chi connectivity index (χ2v) is 8.79. The van der Waals surface area contributed by atoms with Gasteiger partial charge in [-0.05, 0) is 86.0 Å². The Balaban J connectivity index is 1.77. The Morgan fingerprint density at radius 2 is 2.19 bits per heavy atom. The summed E-state index contributed by atoms with van der Waals surface area (Å²) in [6.07, 6.45) is 6.55. The number of anilines is 1. The largest absolute Gasteiger partial charge is 0.465 e. The van der Waals surface area contributed by atoms with Crippen LogP contribution in [0.2, 0.25) is 0 Å². The van der Waals surface area contributed by atoms with Crippen LogP contribution in [0, 0.1) is 12.3 Å². The number of aliphatic hydroxyl groups is 1. The lowest BCUT2D eigenvalue weighted by Gasteiger charge is -2.48. The Morgan fingerprint density at radius 1 is 1.37 bits per heavy atom. The topological polar surface area (TPSA) is 67.8 Å². The number of fused-ring (bicyclic) bond motifs is 2. The van der Waals surface area contributed by atoms with Crippen molar-refractivity contribution < 1.29 is 19.4 Å². The van der Waals surface area contributed by atoms with Crippen molar-refractivity contribution in [1.29, 1.82) is 0 Å². The van der Waals surface area contributed by atoms with E-state index in [0.717, 1.165) is 60.2 Å². The predicted molar refractivity (Wildman–Crippen MR) is 104 cm³/mol. The highest BCUT2D eigenvalue weighted by atomic mass is 16.5. The summed E-state index contributed by atoms with van der Waals surface area (Å²) in [6, 6.07) is 2.10. The number of hydrogen-bond donors (Lipinski definition) is 2. The van der Waals surface area contributed by atoms with Gasteiger partial charge in [0.05, 0.1) is 18.8 Å². The molecule has 5 nitrogen and oxygen atoms in total. The van der Waals surface area contributed by atoms with Gasteiger partial charge < -0.3 is 19.9 Å². The fourth-order valence-corrected chi connectivity index (χ4v) is 5.65. The van der Waals surface area contributed by atoms with Gasteiger partial charge in [-0.25, -0.2) is 4.79 Å². The molecule has 0 aromatic heterocycles. The number of rotatable bonds is 2. The van der Waals surface area contributed by atoms with Gasteiger partial charge in [-0.1, -0.05) is 6.92 Å². The van der Waals surface area contributed by atoms with Crippen LogP contribution in [0.3, 0.4) is 0 Å². The Bertz CT molecular complexity index is 746. The van der Waals surface area contributed by atoms with Crippen LogP contribution in [0.4, 0.5) is 5.69 Å². The van der Waals surface area contributed by atoms with E-state index in [2.05, 4.69) is 25.2 Å². The molecule has 0 radical (unpaired) electrons.